The number of piperidine rings is 1. The van der Waals surface area contributed by atoms with Crippen LogP contribution in [0.15, 0.2) is 12.1 Å². The zero-order valence-corrected chi connectivity index (χ0v) is 11.4. The quantitative estimate of drug-likeness (QED) is 0.874. The van der Waals surface area contributed by atoms with Crippen LogP contribution in [0.25, 0.3) is 0 Å². The van der Waals surface area contributed by atoms with Crippen molar-refractivity contribution in [2.24, 2.45) is 11.8 Å². The number of nitrogens with zero attached hydrogens (tertiary/aromatic N) is 3. The van der Waals surface area contributed by atoms with Crippen LogP contribution in [0.5, 0.6) is 5.88 Å². The Kier molecular flexibility index (Phi) is 4.16. The van der Waals surface area contributed by atoms with Gasteiger partial charge >= 0.3 is 5.97 Å². The molecule has 20 heavy (non-hydrogen) atoms. The van der Waals surface area contributed by atoms with Crippen molar-refractivity contribution in [2.75, 3.05) is 20.2 Å². The highest BCUT2D eigenvalue weighted by molar-refractivity contribution is 5.92. The van der Waals surface area contributed by atoms with Gasteiger partial charge in [-0.15, -0.1) is 10.2 Å². The predicted molar refractivity (Wildman–Crippen MR) is 69.4 cm³/mol. The molecule has 0 bridgehead atoms. The maximum absolute atomic E-state index is 12.3. The molecule has 0 saturated carbocycles. The van der Waals surface area contributed by atoms with Gasteiger partial charge in [0.25, 0.3) is 5.91 Å². The summed E-state index contributed by atoms with van der Waals surface area (Å²) in [4.78, 5) is 24.9. The Labute approximate surface area is 116 Å². The molecule has 0 spiro atoms. The molecule has 1 amide bonds. The Morgan fingerprint density at radius 2 is 2.15 bits per heavy atom. The van der Waals surface area contributed by atoms with Crippen molar-refractivity contribution in [3.63, 3.8) is 0 Å². The van der Waals surface area contributed by atoms with E-state index < -0.39 is 5.97 Å². The largest absolute Gasteiger partial charge is 0.481 e. The van der Waals surface area contributed by atoms with Gasteiger partial charge in [0, 0.05) is 19.2 Å². The Hall–Kier alpha value is -2.18. The van der Waals surface area contributed by atoms with E-state index in [-0.39, 0.29) is 23.4 Å². The average Bonchev–Trinajstić information content (AvgIpc) is 2.46. The van der Waals surface area contributed by atoms with E-state index in [2.05, 4.69) is 10.2 Å². The van der Waals surface area contributed by atoms with E-state index in [1.807, 2.05) is 6.92 Å². The van der Waals surface area contributed by atoms with Gasteiger partial charge in [-0.2, -0.15) is 0 Å². The molecule has 1 N–H and O–H groups in total. The number of aromatic nitrogens is 2. The van der Waals surface area contributed by atoms with Crippen molar-refractivity contribution in [3.05, 3.63) is 17.8 Å². The lowest BCUT2D eigenvalue weighted by molar-refractivity contribution is -0.145. The van der Waals surface area contributed by atoms with Crippen LogP contribution in [0, 0.1) is 11.8 Å². The third kappa shape index (κ3) is 2.87. The molecule has 1 aliphatic rings. The summed E-state index contributed by atoms with van der Waals surface area (Å²) in [6, 6.07) is 3.13. The number of hydrogen-bond donors (Lipinski definition) is 1. The number of aliphatic carboxylic acids is 1. The number of carboxylic acid groups (broad SMARTS) is 1. The lowest BCUT2D eigenvalue weighted by Crippen LogP contribution is -2.45. The number of ether oxygens (including phenoxy) is 1. The molecule has 7 heteroatoms. The summed E-state index contributed by atoms with van der Waals surface area (Å²) in [7, 11) is 1.48. The van der Waals surface area contributed by atoms with Crippen molar-refractivity contribution in [1.29, 1.82) is 0 Å². The van der Waals surface area contributed by atoms with Crippen LogP contribution < -0.4 is 4.74 Å². The zero-order valence-electron chi connectivity index (χ0n) is 11.4. The second-order valence-electron chi connectivity index (χ2n) is 4.92. The molecule has 0 radical (unpaired) electrons. The molecule has 0 aliphatic carbocycles. The highest BCUT2D eigenvalue weighted by atomic mass is 16.5. The minimum absolute atomic E-state index is 0.0728. The van der Waals surface area contributed by atoms with Crippen LogP contribution in [-0.4, -0.2) is 52.3 Å². The van der Waals surface area contributed by atoms with Gasteiger partial charge in [0.05, 0.1) is 13.0 Å². The first kappa shape index (κ1) is 14.2. The van der Waals surface area contributed by atoms with E-state index in [0.29, 0.717) is 25.4 Å². The molecule has 1 aromatic rings. The second-order valence-corrected chi connectivity index (χ2v) is 4.92. The number of rotatable bonds is 3. The number of carbonyl (C=O) groups is 2. The normalized spacial score (nSPS) is 22.4. The molecule has 1 aliphatic heterocycles. The molecule has 1 saturated heterocycles. The number of carboxylic acids is 1. The third-order valence-corrected chi connectivity index (χ3v) is 3.58. The summed E-state index contributed by atoms with van der Waals surface area (Å²) in [5.41, 5.74) is 0.242. The molecule has 0 aromatic carbocycles. The summed E-state index contributed by atoms with van der Waals surface area (Å²) < 4.78 is 4.89. The smallest absolute Gasteiger partial charge is 0.306 e. The molecule has 1 aromatic heterocycles. The molecular weight excluding hydrogens is 262 g/mol. The molecule has 7 nitrogen and oxygen atoms in total. The number of methoxy groups -OCH3 is 1. The maximum Gasteiger partial charge on any atom is 0.306 e. The van der Waals surface area contributed by atoms with Gasteiger partial charge in [-0.3, -0.25) is 9.59 Å². The van der Waals surface area contributed by atoms with Gasteiger partial charge in [0.1, 0.15) is 0 Å². The molecule has 2 atom stereocenters. The number of likely N-dealkylation sites (tertiary alicyclic amines) is 1. The maximum atomic E-state index is 12.3. The summed E-state index contributed by atoms with van der Waals surface area (Å²) in [5.74, 6) is -1.14. The summed E-state index contributed by atoms with van der Waals surface area (Å²) in [6.45, 7) is 2.69. The van der Waals surface area contributed by atoms with Crippen LogP contribution in [0.3, 0.4) is 0 Å². The molecule has 2 rings (SSSR count). The van der Waals surface area contributed by atoms with Crippen molar-refractivity contribution in [2.45, 2.75) is 13.3 Å². The highest BCUT2D eigenvalue weighted by Gasteiger charge is 2.33. The topological polar surface area (TPSA) is 92.6 Å². The van der Waals surface area contributed by atoms with Crippen LogP contribution in [0.1, 0.15) is 23.8 Å². The first-order chi connectivity index (χ1) is 9.52. The lowest BCUT2D eigenvalue weighted by Gasteiger charge is -2.34. The molecule has 1 fully saturated rings. The standard InChI is InChI=1S/C13H17N3O4/c1-8-7-16(6-5-9(8)13(18)19)12(17)10-3-4-11(20-2)15-14-10/h3-4,8-9H,5-7H2,1-2H3,(H,18,19)/t8-,9+/m1/s1. The molecular formula is C13H17N3O4. The summed E-state index contributed by atoms with van der Waals surface area (Å²) >= 11 is 0. The van der Waals surface area contributed by atoms with Gasteiger partial charge in [-0.05, 0) is 18.4 Å². The monoisotopic (exact) mass is 279 g/mol. The number of amides is 1. The first-order valence-electron chi connectivity index (χ1n) is 6.42. The van der Waals surface area contributed by atoms with Crippen LogP contribution in [0.4, 0.5) is 0 Å². The fourth-order valence-electron chi connectivity index (χ4n) is 2.40. The molecule has 0 unspecified atom stereocenters. The van der Waals surface area contributed by atoms with E-state index in [1.54, 1.807) is 17.0 Å². The Balaban J connectivity index is 2.05. The van der Waals surface area contributed by atoms with Crippen molar-refractivity contribution in [1.82, 2.24) is 15.1 Å². The van der Waals surface area contributed by atoms with Crippen LogP contribution in [-0.2, 0) is 4.79 Å². The van der Waals surface area contributed by atoms with Crippen molar-refractivity contribution in [3.8, 4) is 5.88 Å². The van der Waals surface area contributed by atoms with E-state index in [4.69, 9.17) is 9.84 Å². The Morgan fingerprint density at radius 3 is 2.65 bits per heavy atom. The first-order valence-corrected chi connectivity index (χ1v) is 6.42. The zero-order chi connectivity index (χ0) is 14.7. The summed E-state index contributed by atoms with van der Waals surface area (Å²) in [6.07, 6.45) is 0.464. The summed E-state index contributed by atoms with van der Waals surface area (Å²) in [5, 5.41) is 16.7. The Bertz CT molecular complexity index is 503. The van der Waals surface area contributed by atoms with E-state index in [1.165, 1.54) is 7.11 Å². The minimum Gasteiger partial charge on any atom is -0.481 e. The molecule has 2 heterocycles. The van der Waals surface area contributed by atoms with Crippen molar-refractivity contribution < 1.29 is 19.4 Å². The average molecular weight is 279 g/mol. The van der Waals surface area contributed by atoms with E-state index in [0.717, 1.165) is 0 Å². The highest BCUT2D eigenvalue weighted by Crippen LogP contribution is 2.24. The van der Waals surface area contributed by atoms with Crippen molar-refractivity contribution >= 4 is 11.9 Å². The van der Waals surface area contributed by atoms with Gasteiger partial charge in [-0.1, -0.05) is 6.92 Å². The second kappa shape index (κ2) is 5.85. The lowest BCUT2D eigenvalue weighted by atomic mass is 9.87. The fourth-order valence-corrected chi connectivity index (χ4v) is 2.40. The van der Waals surface area contributed by atoms with E-state index >= 15 is 0 Å². The van der Waals surface area contributed by atoms with Crippen LogP contribution >= 0.6 is 0 Å². The SMILES string of the molecule is COc1ccc(C(=O)N2CC[C@H](C(=O)O)[C@H](C)C2)nn1. The Morgan fingerprint density at radius 1 is 1.40 bits per heavy atom. The van der Waals surface area contributed by atoms with Gasteiger partial charge in [0.2, 0.25) is 5.88 Å². The fraction of sp³-hybridized carbons (Fsp3) is 0.538. The third-order valence-electron chi connectivity index (χ3n) is 3.58. The van der Waals surface area contributed by atoms with Gasteiger partial charge in [-0.25, -0.2) is 0 Å². The minimum atomic E-state index is -0.797. The van der Waals surface area contributed by atoms with Crippen LogP contribution in [0.2, 0.25) is 0 Å². The van der Waals surface area contributed by atoms with E-state index in [9.17, 15) is 9.59 Å². The van der Waals surface area contributed by atoms with Gasteiger partial charge < -0.3 is 14.7 Å². The number of hydrogen-bond acceptors (Lipinski definition) is 5. The predicted octanol–water partition coefficient (Wildman–Crippen LogP) is 0.668. The van der Waals surface area contributed by atoms with Gasteiger partial charge in [0.15, 0.2) is 5.69 Å². The number of carbonyl (C=O) groups excluding carboxylic acids is 1. The molecule has 108 valence electrons.